The molecule has 0 bridgehead atoms. The Bertz CT molecular complexity index is 411. The van der Waals surface area contributed by atoms with Gasteiger partial charge in [-0.05, 0) is 6.07 Å². The number of nitrogens with one attached hydrogen (secondary N) is 2. The molecule has 82 valence electrons. The predicted octanol–water partition coefficient (Wildman–Crippen LogP) is 0.667. The number of aromatic amines is 1. The number of hydrogen-bond acceptors (Lipinski definition) is 2. The topological polar surface area (TPSA) is 62.0 Å². The highest BCUT2D eigenvalue weighted by atomic mass is 19.4. The van der Waals surface area contributed by atoms with E-state index in [0.29, 0.717) is 0 Å². The molecule has 1 amide bonds. The third kappa shape index (κ3) is 3.84. The molecular weight excluding hydrogens is 213 g/mol. The van der Waals surface area contributed by atoms with E-state index in [9.17, 15) is 22.8 Å². The lowest BCUT2D eigenvalue weighted by Gasteiger charge is -2.07. The van der Waals surface area contributed by atoms with E-state index in [2.05, 4.69) is 4.98 Å². The zero-order valence-electron chi connectivity index (χ0n) is 7.39. The SMILES string of the molecule is O=C(NCC(F)(F)F)c1cc[nH]c(=O)c1. The number of aromatic nitrogens is 1. The summed E-state index contributed by atoms with van der Waals surface area (Å²) in [5, 5.41) is 1.65. The van der Waals surface area contributed by atoms with Crippen LogP contribution in [0.4, 0.5) is 13.2 Å². The van der Waals surface area contributed by atoms with Gasteiger partial charge in [-0.25, -0.2) is 0 Å². The maximum Gasteiger partial charge on any atom is 0.405 e. The smallest absolute Gasteiger partial charge is 0.343 e. The van der Waals surface area contributed by atoms with Gasteiger partial charge in [0, 0.05) is 17.8 Å². The first-order valence-corrected chi connectivity index (χ1v) is 3.92. The van der Waals surface area contributed by atoms with Crippen LogP contribution in [0.15, 0.2) is 23.1 Å². The Morgan fingerprint density at radius 2 is 2.13 bits per heavy atom. The summed E-state index contributed by atoms with van der Waals surface area (Å²) in [6, 6.07) is 2.14. The summed E-state index contributed by atoms with van der Waals surface area (Å²) in [5.74, 6) is -0.932. The van der Waals surface area contributed by atoms with Crippen molar-refractivity contribution in [1.82, 2.24) is 10.3 Å². The van der Waals surface area contributed by atoms with Crippen molar-refractivity contribution >= 4 is 5.91 Å². The number of H-pyrrole nitrogens is 1. The third-order valence-corrected chi connectivity index (χ3v) is 1.49. The molecule has 1 rings (SSSR count). The Morgan fingerprint density at radius 1 is 1.47 bits per heavy atom. The van der Waals surface area contributed by atoms with Gasteiger partial charge >= 0.3 is 6.18 Å². The van der Waals surface area contributed by atoms with Crippen LogP contribution in [-0.2, 0) is 0 Å². The second-order valence-corrected chi connectivity index (χ2v) is 2.74. The molecule has 1 aromatic heterocycles. The van der Waals surface area contributed by atoms with E-state index in [1.165, 1.54) is 12.3 Å². The molecule has 15 heavy (non-hydrogen) atoms. The van der Waals surface area contributed by atoms with Crippen molar-refractivity contribution in [2.24, 2.45) is 0 Å². The molecule has 0 saturated carbocycles. The summed E-state index contributed by atoms with van der Waals surface area (Å²) in [6.45, 7) is -1.42. The van der Waals surface area contributed by atoms with E-state index in [0.717, 1.165) is 6.07 Å². The lowest BCUT2D eigenvalue weighted by molar-refractivity contribution is -0.123. The van der Waals surface area contributed by atoms with Gasteiger partial charge in [0.1, 0.15) is 6.54 Å². The standard InChI is InChI=1S/C8H7F3N2O2/c9-8(10,11)4-13-7(15)5-1-2-12-6(14)3-5/h1-3H,4H2,(H,12,14)(H,13,15). The highest BCUT2D eigenvalue weighted by Gasteiger charge is 2.27. The molecule has 1 aromatic rings. The first-order chi connectivity index (χ1) is 6.88. The third-order valence-electron chi connectivity index (χ3n) is 1.49. The van der Waals surface area contributed by atoms with E-state index >= 15 is 0 Å². The lowest BCUT2D eigenvalue weighted by Crippen LogP contribution is -2.34. The Labute approximate surface area is 82.1 Å². The summed E-state index contributed by atoms with van der Waals surface area (Å²) < 4.78 is 35.2. The minimum Gasteiger partial charge on any atom is -0.343 e. The van der Waals surface area contributed by atoms with Gasteiger partial charge in [-0.3, -0.25) is 9.59 Å². The molecule has 0 aliphatic heterocycles. The van der Waals surface area contributed by atoms with Crippen LogP contribution in [-0.4, -0.2) is 23.6 Å². The largest absolute Gasteiger partial charge is 0.405 e. The van der Waals surface area contributed by atoms with Crippen LogP contribution in [0.25, 0.3) is 0 Å². The Morgan fingerprint density at radius 3 is 2.67 bits per heavy atom. The highest BCUT2D eigenvalue weighted by molar-refractivity contribution is 5.93. The van der Waals surface area contributed by atoms with Crippen molar-refractivity contribution in [3.63, 3.8) is 0 Å². The van der Waals surface area contributed by atoms with Crippen molar-refractivity contribution in [2.75, 3.05) is 6.54 Å². The molecular formula is C8H7F3N2O2. The van der Waals surface area contributed by atoms with Crippen molar-refractivity contribution in [3.05, 3.63) is 34.2 Å². The molecule has 0 atom stereocenters. The average Bonchev–Trinajstić information content (AvgIpc) is 2.13. The van der Waals surface area contributed by atoms with Crippen LogP contribution in [0.3, 0.4) is 0 Å². The molecule has 0 aliphatic carbocycles. The number of pyridine rings is 1. The number of carbonyl (C=O) groups is 1. The molecule has 2 N–H and O–H groups in total. The first-order valence-electron chi connectivity index (χ1n) is 3.92. The summed E-state index contributed by atoms with van der Waals surface area (Å²) in [7, 11) is 0. The van der Waals surface area contributed by atoms with Gasteiger partial charge in [-0.1, -0.05) is 0 Å². The molecule has 0 aliphatic rings. The van der Waals surface area contributed by atoms with Gasteiger partial charge in [0.2, 0.25) is 5.56 Å². The van der Waals surface area contributed by atoms with Gasteiger partial charge in [0.05, 0.1) is 0 Å². The summed E-state index contributed by atoms with van der Waals surface area (Å²) in [4.78, 5) is 24.1. The Hall–Kier alpha value is -1.79. The molecule has 0 radical (unpaired) electrons. The molecule has 0 aromatic carbocycles. The van der Waals surface area contributed by atoms with Crippen LogP contribution < -0.4 is 10.9 Å². The summed E-state index contributed by atoms with van der Waals surface area (Å²) in [5.41, 5.74) is -0.655. The van der Waals surface area contributed by atoms with Gasteiger partial charge in [0.15, 0.2) is 0 Å². The minimum absolute atomic E-state index is 0.108. The van der Waals surface area contributed by atoms with Crippen LogP contribution in [0.1, 0.15) is 10.4 Å². The average molecular weight is 220 g/mol. The number of alkyl halides is 3. The van der Waals surface area contributed by atoms with Gasteiger partial charge in [0.25, 0.3) is 5.91 Å². The van der Waals surface area contributed by atoms with Gasteiger partial charge in [-0.15, -0.1) is 0 Å². The monoisotopic (exact) mass is 220 g/mol. The molecule has 7 heteroatoms. The van der Waals surface area contributed by atoms with Crippen molar-refractivity contribution in [1.29, 1.82) is 0 Å². The predicted molar refractivity (Wildman–Crippen MR) is 45.5 cm³/mol. The van der Waals surface area contributed by atoms with Crippen LogP contribution in [0.2, 0.25) is 0 Å². The maximum atomic E-state index is 11.7. The number of halogens is 3. The molecule has 0 unspecified atom stereocenters. The number of rotatable bonds is 2. The van der Waals surface area contributed by atoms with E-state index in [1.807, 2.05) is 0 Å². The van der Waals surface area contributed by atoms with Gasteiger partial charge in [-0.2, -0.15) is 13.2 Å². The molecule has 0 spiro atoms. The number of carbonyl (C=O) groups excluding carboxylic acids is 1. The molecule has 1 heterocycles. The van der Waals surface area contributed by atoms with Crippen molar-refractivity contribution in [3.8, 4) is 0 Å². The normalized spacial score (nSPS) is 11.1. The fourth-order valence-corrected chi connectivity index (χ4v) is 0.868. The van der Waals surface area contributed by atoms with Crippen LogP contribution in [0, 0.1) is 0 Å². The Balaban J connectivity index is 2.66. The van der Waals surface area contributed by atoms with Gasteiger partial charge < -0.3 is 10.3 Å². The second kappa shape index (κ2) is 4.16. The summed E-state index contributed by atoms with van der Waals surface area (Å²) in [6.07, 6.45) is -3.28. The first kappa shape index (κ1) is 11.3. The zero-order chi connectivity index (χ0) is 11.5. The van der Waals surface area contributed by atoms with Crippen molar-refractivity contribution < 1.29 is 18.0 Å². The minimum atomic E-state index is -4.46. The van der Waals surface area contributed by atoms with E-state index in [1.54, 1.807) is 5.32 Å². The van der Waals surface area contributed by atoms with E-state index in [-0.39, 0.29) is 5.56 Å². The summed E-state index contributed by atoms with van der Waals surface area (Å²) >= 11 is 0. The number of hydrogen-bond donors (Lipinski definition) is 2. The fourth-order valence-electron chi connectivity index (χ4n) is 0.868. The maximum absolute atomic E-state index is 11.7. The highest BCUT2D eigenvalue weighted by Crippen LogP contribution is 2.12. The van der Waals surface area contributed by atoms with Crippen LogP contribution in [0.5, 0.6) is 0 Å². The zero-order valence-corrected chi connectivity index (χ0v) is 7.39. The lowest BCUT2D eigenvalue weighted by atomic mass is 10.2. The van der Waals surface area contributed by atoms with Crippen LogP contribution >= 0.6 is 0 Å². The second-order valence-electron chi connectivity index (χ2n) is 2.74. The molecule has 4 nitrogen and oxygen atoms in total. The van der Waals surface area contributed by atoms with Crippen molar-refractivity contribution in [2.45, 2.75) is 6.18 Å². The Kier molecular flexibility index (Phi) is 3.13. The van der Waals surface area contributed by atoms with E-state index < -0.39 is 24.2 Å². The molecule has 0 fully saturated rings. The van der Waals surface area contributed by atoms with E-state index in [4.69, 9.17) is 0 Å². The fraction of sp³-hybridized carbons (Fsp3) is 0.250. The quantitative estimate of drug-likeness (QED) is 0.769. The number of amides is 1. The molecule has 0 saturated heterocycles.